The lowest BCUT2D eigenvalue weighted by Crippen LogP contribution is -2.47. The van der Waals surface area contributed by atoms with Crippen molar-refractivity contribution in [3.63, 3.8) is 0 Å². The van der Waals surface area contributed by atoms with E-state index in [-0.39, 0.29) is 48.2 Å². The Labute approximate surface area is 307 Å². The van der Waals surface area contributed by atoms with Gasteiger partial charge in [-0.3, -0.25) is 9.69 Å². The van der Waals surface area contributed by atoms with E-state index in [1.165, 1.54) is 6.07 Å². The molecule has 278 valence electrons. The van der Waals surface area contributed by atoms with Crippen molar-refractivity contribution in [2.24, 2.45) is 5.92 Å². The van der Waals surface area contributed by atoms with Crippen molar-refractivity contribution in [1.82, 2.24) is 9.80 Å². The van der Waals surface area contributed by atoms with Crippen LogP contribution in [0, 0.1) is 5.92 Å². The quantitative estimate of drug-likeness (QED) is 0.213. The zero-order valence-electron chi connectivity index (χ0n) is 29.1. The molecule has 3 aromatic rings. The topological polar surface area (TPSA) is 103 Å². The van der Waals surface area contributed by atoms with Crippen LogP contribution in [0.1, 0.15) is 61.5 Å². The van der Waals surface area contributed by atoms with Gasteiger partial charge in [0, 0.05) is 43.5 Å². The summed E-state index contributed by atoms with van der Waals surface area (Å²) < 4.78 is 51.6. The summed E-state index contributed by atoms with van der Waals surface area (Å²) in [5.74, 6) is -0.228. The average Bonchev–Trinajstić information content (AvgIpc) is 3.07. The number of halogens is 5. The van der Waals surface area contributed by atoms with Gasteiger partial charge in [0.15, 0.2) is 0 Å². The zero-order chi connectivity index (χ0) is 37.3. The van der Waals surface area contributed by atoms with Crippen LogP contribution in [0.5, 0.6) is 5.75 Å². The van der Waals surface area contributed by atoms with Crippen molar-refractivity contribution in [2.75, 3.05) is 44.0 Å². The molecule has 1 aliphatic rings. The lowest BCUT2D eigenvalue weighted by molar-refractivity contribution is -0.137. The minimum Gasteiger partial charge on any atom is -0.490 e. The summed E-state index contributed by atoms with van der Waals surface area (Å²) in [6, 6.07) is 13.0. The molecule has 1 heterocycles. The maximum absolute atomic E-state index is 14.4. The van der Waals surface area contributed by atoms with Gasteiger partial charge in [0.1, 0.15) is 5.75 Å². The molecule has 4 rings (SSSR count). The van der Waals surface area contributed by atoms with Gasteiger partial charge in [-0.25, -0.2) is 4.79 Å². The van der Waals surface area contributed by atoms with E-state index in [2.05, 4.69) is 15.5 Å². The van der Waals surface area contributed by atoms with Gasteiger partial charge >= 0.3 is 12.2 Å². The molecule has 0 aliphatic carbocycles. The van der Waals surface area contributed by atoms with Crippen molar-refractivity contribution >= 4 is 46.5 Å². The van der Waals surface area contributed by atoms with Gasteiger partial charge in [0.05, 0.1) is 46.0 Å². The third-order valence-corrected chi connectivity index (χ3v) is 9.45. The van der Waals surface area contributed by atoms with Crippen LogP contribution in [0.25, 0.3) is 0 Å². The molecular weight excluding hydrogens is 708 g/mol. The molecule has 0 spiro atoms. The van der Waals surface area contributed by atoms with Gasteiger partial charge in [-0.05, 0) is 100 Å². The van der Waals surface area contributed by atoms with Crippen molar-refractivity contribution in [1.29, 1.82) is 0 Å². The van der Waals surface area contributed by atoms with E-state index in [1.54, 1.807) is 30.0 Å². The van der Waals surface area contributed by atoms with Gasteiger partial charge in [0.25, 0.3) is 5.91 Å². The molecule has 9 nitrogen and oxygen atoms in total. The Balaban J connectivity index is 1.57. The van der Waals surface area contributed by atoms with Gasteiger partial charge in [-0.1, -0.05) is 36.2 Å². The van der Waals surface area contributed by atoms with Crippen molar-refractivity contribution in [3.05, 3.63) is 87.4 Å². The Bertz CT molecular complexity index is 1630. The molecule has 3 N–H and O–H groups in total. The number of nitrogens with one attached hydrogen (secondary N) is 2. The van der Waals surface area contributed by atoms with E-state index in [0.717, 1.165) is 42.7 Å². The van der Waals surface area contributed by atoms with Crippen LogP contribution < -0.4 is 15.4 Å². The third kappa shape index (κ3) is 11.7. The van der Waals surface area contributed by atoms with Crippen LogP contribution in [-0.2, 0) is 17.5 Å². The predicted octanol–water partition coefficient (Wildman–Crippen LogP) is 8.58. The highest BCUT2D eigenvalue weighted by atomic mass is 35.5. The molecule has 0 saturated heterocycles. The number of aliphatic hydroxyl groups is 1. The maximum atomic E-state index is 14.4. The average molecular weight is 754 g/mol. The highest BCUT2D eigenvalue weighted by Gasteiger charge is 2.31. The normalized spacial score (nSPS) is 19.9. The van der Waals surface area contributed by atoms with Crippen LogP contribution >= 0.6 is 23.2 Å². The van der Waals surface area contributed by atoms with E-state index in [4.69, 9.17) is 32.7 Å². The van der Waals surface area contributed by atoms with Crippen LogP contribution in [0.4, 0.5) is 29.3 Å². The number of benzene rings is 3. The molecule has 3 aromatic carbocycles. The van der Waals surface area contributed by atoms with Crippen molar-refractivity contribution < 1.29 is 37.3 Å². The second-order valence-electron chi connectivity index (χ2n) is 13.1. The first kappa shape index (κ1) is 40.2. The predicted molar refractivity (Wildman–Crippen MR) is 194 cm³/mol. The van der Waals surface area contributed by atoms with Crippen LogP contribution in [-0.4, -0.2) is 78.4 Å². The number of likely N-dealkylation sites (N-methyl/N-ethyl adjacent to an activating group) is 1. The van der Waals surface area contributed by atoms with E-state index in [1.807, 2.05) is 33.0 Å². The summed E-state index contributed by atoms with van der Waals surface area (Å²) in [5, 5.41) is 16.4. The molecule has 0 fully saturated rings. The minimum absolute atomic E-state index is 0.152. The number of amides is 3. The van der Waals surface area contributed by atoms with Gasteiger partial charge in [0.2, 0.25) is 0 Å². The first-order chi connectivity index (χ1) is 24.1. The summed E-state index contributed by atoms with van der Waals surface area (Å²) in [5.41, 5.74) is 0.765. The molecule has 3 amide bonds. The molecule has 14 heteroatoms. The Hall–Kier alpha value is -3.55. The van der Waals surface area contributed by atoms with E-state index < -0.39 is 29.7 Å². The molecule has 4 atom stereocenters. The van der Waals surface area contributed by atoms with Gasteiger partial charge in [-0.15, -0.1) is 0 Å². The number of fused-ring (bicyclic) bond motifs is 1. The summed E-state index contributed by atoms with van der Waals surface area (Å²) in [7, 11) is 1.99. The van der Waals surface area contributed by atoms with Crippen LogP contribution in [0.2, 0.25) is 10.0 Å². The number of carbonyl (C=O) groups is 2. The molecule has 0 unspecified atom stereocenters. The van der Waals surface area contributed by atoms with E-state index >= 15 is 0 Å². The minimum atomic E-state index is -4.50. The third-order valence-electron chi connectivity index (χ3n) is 8.71. The number of nitrogens with zero attached hydrogens (tertiary/aromatic N) is 2. The first-order valence-corrected chi connectivity index (χ1v) is 17.6. The summed E-state index contributed by atoms with van der Waals surface area (Å²) in [6.45, 7) is 7.35. The number of aliphatic hydroxyl groups excluding tert-OH is 1. The number of hydrogen-bond acceptors (Lipinski definition) is 6. The number of rotatable bonds is 8. The molecule has 0 aromatic heterocycles. The smallest absolute Gasteiger partial charge is 0.416 e. The number of anilines is 2. The van der Waals surface area contributed by atoms with Crippen molar-refractivity contribution in [3.8, 4) is 5.75 Å². The summed E-state index contributed by atoms with van der Waals surface area (Å²) >= 11 is 12.4. The Morgan fingerprint density at radius 2 is 1.71 bits per heavy atom. The molecule has 0 saturated carbocycles. The molecule has 51 heavy (non-hydrogen) atoms. The number of alkyl halides is 3. The van der Waals surface area contributed by atoms with Crippen molar-refractivity contribution in [2.45, 2.75) is 71.0 Å². The molecule has 0 bridgehead atoms. The second kappa shape index (κ2) is 18.3. The SMILES string of the molecule is C[C@H](CO)N1C[C@H](C)[C@@H](CN(C)Cc2ccc(Cl)c(Cl)c2)OCCCC[C@H](C)Oc2ccc(NC(=O)Nc3ccc(C(F)(F)F)cc3)cc2C1=O. The fraction of sp³-hybridized carbons (Fsp3) is 0.459. The van der Waals surface area contributed by atoms with Crippen LogP contribution in [0.15, 0.2) is 60.7 Å². The lowest BCUT2D eigenvalue weighted by Gasteiger charge is -2.36. The van der Waals surface area contributed by atoms with Gasteiger partial charge in [-0.2, -0.15) is 13.2 Å². The second-order valence-corrected chi connectivity index (χ2v) is 13.9. The Morgan fingerprint density at radius 3 is 2.37 bits per heavy atom. The number of hydrogen-bond donors (Lipinski definition) is 3. The number of carbonyl (C=O) groups excluding carboxylic acids is 2. The Kier molecular flexibility index (Phi) is 14.4. The monoisotopic (exact) mass is 752 g/mol. The lowest BCUT2D eigenvalue weighted by atomic mass is 10.0. The van der Waals surface area contributed by atoms with Crippen LogP contribution in [0.3, 0.4) is 0 Å². The number of ether oxygens (including phenoxy) is 2. The largest absolute Gasteiger partial charge is 0.490 e. The fourth-order valence-corrected chi connectivity index (χ4v) is 6.14. The zero-order valence-corrected chi connectivity index (χ0v) is 30.6. The Morgan fingerprint density at radius 1 is 1.02 bits per heavy atom. The first-order valence-electron chi connectivity index (χ1n) is 16.9. The highest BCUT2D eigenvalue weighted by Crippen LogP contribution is 2.31. The number of urea groups is 1. The molecular formula is C37H45Cl2F3N4O5. The van der Waals surface area contributed by atoms with Gasteiger partial charge < -0.3 is 30.1 Å². The van der Waals surface area contributed by atoms with E-state index in [0.29, 0.717) is 41.9 Å². The molecule has 1 aliphatic heterocycles. The molecule has 0 radical (unpaired) electrons. The highest BCUT2D eigenvalue weighted by molar-refractivity contribution is 6.42. The summed E-state index contributed by atoms with van der Waals surface area (Å²) in [4.78, 5) is 30.9. The fourth-order valence-electron chi connectivity index (χ4n) is 5.82. The summed E-state index contributed by atoms with van der Waals surface area (Å²) in [6.07, 6.45) is -2.64. The maximum Gasteiger partial charge on any atom is 0.416 e. The standard InChI is InChI=1S/C37H45Cl2F3N4O5/c1-23-19-46(24(2)22-47)35(48)30-18-29(44-36(49)43-28-11-9-27(10-12-28)37(40,41)42)13-15-33(30)51-25(3)7-5-6-16-50-34(23)21-45(4)20-26-8-14-31(38)32(39)17-26/h8-15,17-18,23-25,34,47H,5-7,16,19-22H2,1-4H3,(H2,43,44,49)/t23-,24+,25-,34+/m0/s1. The van der Waals surface area contributed by atoms with E-state index in [9.17, 15) is 27.9 Å².